The molecule has 1 heterocycles. The predicted octanol–water partition coefficient (Wildman–Crippen LogP) is 4.26. The molecule has 0 aliphatic rings. The van der Waals surface area contributed by atoms with Crippen LogP contribution < -0.4 is 5.32 Å². The molecule has 4 rings (SSSR count). The Bertz CT molecular complexity index is 1230. The van der Waals surface area contributed by atoms with Gasteiger partial charge in [0.25, 0.3) is 5.69 Å². The molecular formula is C25H22N4O5. The molecule has 9 nitrogen and oxygen atoms in total. The van der Waals surface area contributed by atoms with Gasteiger partial charge in [0.1, 0.15) is 12.6 Å². The molecule has 0 aliphatic heterocycles. The molecule has 1 unspecified atom stereocenters. The summed E-state index contributed by atoms with van der Waals surface area (Å²) in [7, 11) is 0. The van der Waals surface area contributed by atoms with E-state index in [1.54, 1.807) is 12.1 Å². The molecule has 0 bridgehead atoms. The van der Waals surface area contributed by atoms with Gasteiger partial charge >= 0.3 is 0 Å². The third kappa shape index (κ3) is 6.11. The Kier molecular flexibility index (Phi) is 7.36. The van der Waals surface area contributed by atoms with Crippen LogP contribution in [0.1, 0.15) is 23.1 Å². The van der Waals surface area contributed by atoms with Crippen molar-refractivity contribution in [2.75, 3.05) is 6.61 Å². The molecule has 1 amide bonds. The largest absolute Gasteiger partial charge is 0.367 e. The number of nitro benzene ring substituents is 1. The first-order valence-corrected chi connectivity index (χ1v) is 10.6. The monoisotopic (exact) mass is 458 g/mol. The lowest BCUT2D eigenvalue weighted by molar-refractivity contribution is -0.384. The zero-order chi connectivity index (χ0) is 23.8. The number of aromatic nitrogens is 2. The van der Waals surface area contributed by atoms with Crippen molar-refractivity contribution in [2.24, 2.45) is 0 Å². The number of benzene rings is 3. The Morgan fingerprint density at radius 2 is 1.62 bits per heavy atom. The lowest BCUT2D eigenvalue weighted by Gasteiger charge is -2.15. The van der Waals surface area contributed by atoms with Crippen LogP contribution in [0.3, 0.4) is 0 Å². The summed E-state index contributed by atoms with van der Waals surface area (Å²) < 4.78 is 11.0. The summed E-state index contributed by atoms with van der Waals surface area (Å²) >= 11 is 0. The van der Waals surface area contributed by atoms with Crippen molar-refractivity contribution >= 4 is 11.6 Å². The van der Waals surface area contributed by atoms with Gasteiger partial charge in [-0.2, -0.15) is 4.98 Å². The second-order valence-corrected chi connectivity index (χ2v) is 7.55. The van der Waals surface area contributed by atoms with Crippen LogP contribution in [-0.4, -0.2) is 27.6 Å². The SMILES string of the molecule is O=C(COCc1ccccc1)NC(Cc1ccccc1)c1nc(-c2ccc([N+](=O)[O-])cc2)no1. The first-order chi connectivity index (χ1) is 16.6. The number of hydrogen-bond acceptors (Lipinski definition) is 7. The third-order valence-corrected chi connectivity index (χ3v) is 5.04. The molecule has 0 radical (unpaired) electrons. The van der Waals surface area contributed by atoms with E-state index in [9.17, 15) is 14.9 Å². The van der Waals surface area contributed by atoms with Crippen LogP contribution in [0.15, 0.2) is 89.5 Å². The summed E-state index contributed by atoms with van der Waals surface area (Å²) in [4.78, 5) is 27.4. The van der Waals surface area contributed by atoms with Gasteiger partial charge in [-0.25, -0.2) is 0 Å². The molecule has 0 saturated carbocycles. The van der Waals surface area contributed by atoms with Gasteiger partial charge in [-0.05, 0) is 23.3 Å². The van der Waals surface area contributed by atoms with Crippen molar-refractivity contribution in [1.29, 1.82) is 0 Å². The maximum absolute atomic E-state index is 12.6. The minimum atomic E-state index is -0.575. The van der Waals surface area contributed by atoms with Gasteiger partial charge in [-0.3, -0.25) is 14.9 Å². The fourth-order valence-corrected chi connectivity index (χ4v) is 3.35. The molecule has 3 aromatic carbocycles. The normalized spacial score (nSPS) is 11.6. The molecule has 9 heteroatoms. The van der Waals surface area contributed by atoms with Crippen molar-refractivity contribution in [3.63, 3.8) is 0 Å². The van der Waals surface area contributed by atoms with Crippen LogP contribution in [0.5, 0.6) is 0 Å². The number of nitrogens with one attached hydrogen (secondary N) is 1. The fraction of sp³-hybridized carbons (Fsp3) is 0.160. The quantitative estimate of drug-likeness (QED) is 0.278. The number of carbonyl (C=O) groups excluding carboxylic acids is 1. The summed E-state index contributed by atoms with van der Waals surface area (Å²) in [6.07, 6.45) is 0.438. The van der Waals surface area contributed by atoms with E-state index in [1.165, 1.54) is 12.1 Å². The number of amides is 1. The predicted molar refractivity (Wildman–Crippen MR) is 124 cm³/mol. The molecule has 1 N–H and O–H groups in total. The molecule has 1 aromatic heterocycles. The number of non-ortho nitro benzene ring substituents is 1. The highest BCUT2D eigenvalue weighted by Gasteiger charge is 2.22. The molecule has 0 saturated heterocycles. The molecule has 34 heavy (non-hydrogen) atoms. The lowest BCUT2D eigenvalue weighted by atomic mass is 10.1. The molecule has 0 spiro atoms. The molecule has 1 atom stereocenters. The minimum Gasteiger partial charge on any atom is -0.367 e. The zero-order valence-electron chi connectivity index (χ0n) is 18.2. The van der Waals surface area contributed by atoms with Gasteiger partial charge in [0.2, 0.25) is 17.6 Å². The van der Waals surface area contributed by atoms with Gasteiger partial charge in [0, 0.05) is 24.1 Å². The highest BCUT2D eigenvalue weighted by atomic mass is 16.6. The van der Waals surface area contributed by atoms with Crippen LogP contribution in [0.25, 0.3) is 11.4 Å². The summed E-state index contributed by atoms with van der Waals surface area (Å²) in [6.45, 7) is 0.200. The van der Waals surface area contributed by atoms with Crippen LogP contribution in [0.4, 0.5) is 5.69 Å². The van der Waals surface area contributed by atoms with E-state index in [2.05, 4.69) is 15.5 Å². The Labute approximate surface area is 195 Å². The van der Waals surface area contributed by atoms with E-state index >= 15 is 0 Å². The maximum atomic E-state index is 12.6. The van der Waals surface area contributed by atoms with Gasteiger partial charge in [0.05, 0.1) is 11.5 Å². The van der Waals surface area contributed by atoms with Crippen LogP contribution in [0.2, 0.25) is 0 Å². The average Bonchev–Trinajstić information content (AvgIpc) is 3.35. The fourth-order valence-electron chi connectivity index (χ4n) is 3.35. The summed E-state index contributed by atoms with van der Waals surface area (Å²) in [5, 5.41) is 17.8. The lowest BCUT2D eigenvalue weighted by Crippen LogP contribution is -2.33. The number of rotatable bonds is 10. The molecule has 0 aliphatic carbocycles. The summed E-state index contributed by atoms with van der Waals surface area (Å²) in [6, 6.07) is 24.5. The zero-order valence-corrected chi connectivity index (χ0v) is 18.2. The Hall–Kier alpha value is -4.37. The highest BCUT2D eigenvalue weighted by Crippen LogP contribution is 2.23. The van der Waals surface area contributed by atoms with E-state index in [-0.39, 0.29) is 29.9 Å². The van der Waals surface area contributed by atoms with E-state index in [1.807, 2.05) is 60.7 Å². The minimum absolute atomic E-state index is 0.0304. The van der Waals surface area contributed by atoms with E-state index in [4.69, 9.17) is 9.26 Å². The first kappa shape index (κ1) is 22.8. The van der Waals surface area contributed by atoms with Gasteiger partial charge in [0.15, 0.2) is 0 Å². The van der Waals surface area contributed by atoms with Gasteiger partial charge in [-0.15, -0.1) is 0 Å². The Morgan fingerprint density at radius 3 is 2.26 bits per heavy atom. The van der Waals surface area contributed by atoms with E-state index in [0.29, 0.717) is 18.6 Å². The van der Waals surface area contributed by atoms with Crippen molar-refractivity contribution < 1.29 is 19.0 Å². The average molecular weight is 458 g/mol. The number of hydrogen-bond donors (Lipinski definition) is 1. The van der Waals surface area contributed by atoms with Crippen molar-refractivity contribution in [3.05, 3.63) is 112 Å². The number of nitrogens with zero attached hydrogens (tertiary/aromatic N) is 3. The third-order valence-electron chi connectivity index (χ3n) is 5.04. The smallest absolute Gasteiger partial charge is 0.269 e. The van der Waals surface area contributed by atoms with Crippen LogP contribution in [-0.2, 0) is 22.6 Å². The molecular weight excluding hydrogens is 436 g/mol. The second-order valence-electron chi connectivity index (χ2n) is 7.55. The Morgan fingerprint density at radius 1 is 0.971 bits per heavy atom. The first-order valence-electron chi connectivity index (χ1n) is 10.6. The second kappa shape index (κ2) is 11.0. The van der Waals surface area contributed by atoms with Crippen molar-refractivity contribution in [2.45, 2.75) is 19.1 Å². The molecule has 172 valence electrons. The van der Waals surface area contributed by atoms with Crippen LogP contribution in [0, 0.1) is 10.1 Å². The van der Waals surface area contributed by atoms with Crippen LogP contribution >= 0.6 is 0 Å². The van der Waals surface area contributed by atoms with Gasteiger partial charge in [-0.1, -0.05) is 65.8 Å². The van der Waals surface area contributed by atoms with Gasteiger partial charge < -0.3 is 14.6 Å². The van der Waals surface area contributed by atoms with E-state index in [0.717, 1.165) is 11.1 Å². The maximum Gasteiger partial charge on any atom is 0.269 e. The number of ether oxygens (including phenoxy) is 1. The van der Waals surface area contributed by atoms with E-state index < -0.39 is 11.0 Å². The van der Waals surface area contributed by atoms with Crippen molar-refractivity contribution in [3.8, 4) is 11.4 Å². The highest BCUT2D eigenvalue weighted by molar-refractivity contribution is 5.77. The summed E-state index contributed by atoms with van der Waals surface area (Å²) in [5.74, 6) is 0.193. The van der Waals surface area contributed by atoms with Crippen molar-refractivity contribution in [1.82, 2.24) is 15.5 Å². The number of carbonyl (C=O) groups is 1. The number of nitro groups is 1. The molecule has 4 aromatic rings. The summed E-state index contributed by atoms with van der Waals surface area (Å²) in [5.41, 5.74) is 2.49. The Balaban J connectivity index is 1.46. The molecule has 0 fully saturated rings. The topological polar surface area (TPSA) is 120 Å². The standard InChI is InChI=1S/C25H22N4O5/c30-23(17-33-16-19-9-5-2-6-10-19)26-22(15-18-7-3-1-4-8-18)25-27-24(28-34-25)20-11-13-21(14-12-20)29(31)32/h1-14,22H,15-17H2,(H,26,30).